The number of esters is 1. The fourth-order valence-corrected chi connectivity index (χ4v) is 1.18. The van der Waals surface area contributed by atoms with Gasteiger partial charge in [-0.15, -0.1) is 0 Å². The molecule has 0 aliphatic heterocycles. The third-order valence-corrected chi connectivity index (χ3v) is 1.94. The smallest absolute Gasteiger partial charge is 0.309 e. The monoisotopic (exact) mass is 191 g/mol. The molecule has 5 nitrogen and oxygen atoms in total. The Morgan fingerprint density at radius 1 is 1.54 bits per heavy atom. The molecule has 0 amide bonds. The first-order chi connectivity index (χ1) is 6.27. The van der Waals surface area contributed by atoms with Crippen LogP contribution in [0.5, 0.6) is 0 Å². The number of carbonyl (C=O) groups excluding carboxylic acids is 1. The van der Waals surface area contributed by atoms with E-state index in [2.05, 4.69) is 5.48 Å². The number of hydrogen-bond acceptors (Lipinski definition) is 5. The highest BCUT2D eigenvalue weighted by molar-refractivity contribution is 5.73. The van der Waals surface area contributed by atoms with Crippen LogP contribution in [0.2, 0.25) is 0 Å². The maximum absolute atomic E-state index is 11.0. The van der Waals surface area contributed by atoms with Gasteiger partial charge in [0, 0.05) is 13.2 Å². The van der Waals surface area contributed by atoms with Gasteiger partial charge in [-0.2, -0.15) is 0 Å². The van der Waals surface area contributed by atoms with Gasteiger partial charge in [-0.1, -0.05) is 0 Å². The second-order valence-electron chi connectivity index (χ2n) is 2.75. The third-order valence-electron chi connectivity index (χ3n) is 1.94. The van der Waals surface area contributed by atoms with Crippen molar-refractivity contribution in [3.63, 3.8) is 0 Å². The molecule has 1 fully saturated rings. The zero-order valence-electron chi connectivity index (χ0n) is 7.99. The van der Waals surface area contributed by atoms with E-state index in [0.717, 1.165) is 7.11 Å². The molecule has 0 bridgehead atoms. The minimum absolute atomic E-state index is 0.000370. The largest absolute Gasteiger partial charge is 0.466 e. The van der Waals surface area contributed by atoms with Gasteiger partial charge in [0.25, 0.3) is 0 Å². The van der Waals surface area contributed by atoms with Crippen LogP contribution in [0.15, 0.2) is 0 Å². The summed E-state index contributed by atoms with van der Waals surface area (Å²) in [6.07, 6.45) is 1.38. The summed E-state index contributed by atoms with van der Waals surface area (Å²) in [5, 5.41) is 15.4. The quantitative estimate of drug-likeness (QED) is 0.429. The Kier molecular flexibility index (Phi) is 6.48. The molecular formula is C8H17NO4. The molecule has 78 valence electrons. The summed E-state index contributed by atoms with van der Waals surface area (Å²) in [5.41, 5.74) is 2.12. The number of aliphatic hydroxyl groups excluding tert-OH is 1. The van der Waals surface area contributed by atoms with Crippen molar-refractivity contribution in [3.05, 3.63) is 0 Å². The Labute approximate surface area is 77.7 Å². The number of rotatable bonds is 3. The highest BCUT2D eigenvalue weighted by Gasteiger charge is 2.34. The average Bonchev–Trinajstić information content (AvgIpc) is 2.07. The number of ether oxygens (including phenoxy) is 1. The lowest BCUT2D eigenvalue weighted by molar-refractivity contribution is -0.152. The standard InChI is InChI=1S/C7H13NO3.CH4O/c1-2-11-7(9)5-3-6(4-5)8-10;1-2/h5-6,8,10H,2-4H2,1H3;2H,1H3. The molecule has 13 heavy (non-hydrogen) atoms. The van der Waals surface area contributed by atoms with E-state index in [-0.39, 0.29) is 17.9 Å². The molecule has 3 N–H and O–H groups in total. The molecule has 0 spiro atoms. The van der Waals surface area contributed by atoms with Crippen molar-refractivity contribution in [1.82, 2.24) is 5.48 Å². The van der Waals surface area contributed by atoms with Crippen molar-refractivity contribution in [2.45, 2.75) is 25.8 Å². The number of hydrogen-bond donors (Lipinski definition) is 3. The van der Waals surface area contributed by atoms with Crippen LogP contribution in [0.4, 0.5) is 0 Å². The number of carbonyl (C=O) groups is 1. The van der Waals surface area contributed by atoms with Crippen molar-refractivity contribution in [3.8, 4) is 0 Å². The third kappa shape index (κ3) is 3.71. The van der Waals surface area contributed by atoms with Crippen LogP contribution in [0.1, 0.15) is 19.8 Å². The topological polar surface area (TPSA) is 78.8 Å². The second-order valence-corrected chi connectivity index (χ2v) is 2.75. The lowest BCUT2D eigenvalue weighted by atomic mass is 9.81. The van der Waals surface area contributed by atoms with E-state index >= 15 is 0 Å². The molecule has 0 heterocycles. The van der Waals surface area contributed by atoms with Crippen LogP contribution in [0, 0.1) is 5.92 Å². The highest BCUT2D eigenvalue weighted by Crippen LogP contribution is 2.27. The van der Waals surface area contributed by atoms with Crippen molar-refractivity contribution in [2.24, 2.45) is 5.92 Å². The van der Waals surface area contributed by atoms with E-state index < -0.39 is 0 Å². The summed E-state index contributed by atoms with van der Waals surface area (Å²) in [4.78, 5) is 11.0. The molecule has 0 aromatic heterocycles. The highest BCUT2D eigenvalue weighted by atomic mass is 16.5. The SMILES string of the molecule is CCOC(=O)C1CC(NO)C1.CO. The number of aliphatic hydroxyl groups is 1. The molecule has 0 atom stereocenters. The van der Waals surface area contributed by atoms with E-state index in [1.807, 2.05) is 0 Å². The van der Waals surface area contributed by atoms with Crippen LogP contribution < -0.4 is 5.48 Å². The van der Waals surface area contributed by atoms with Crippen LogP contribution in [0.25, 0.3) is 0 Å². The van der Waals surface area contributed by atoms with E-state index in [1.54, 1.807) is 6.92 Å². The van der Waals surface area contributed by atoms with Crippen molar-refractivity contribution >= 4 is 5.97 Å². The Morgan fingerprint density at radius 3 is 2.46 bits per heavy atom. The first-order valence-electron chi connectivity index (χ1n) is 4.29. The maximum Gasteiger partial charge on any atom is 0.309 e. The van der Waals surface area contributed by atoms with Gasteiger partial charge in [0.05, 0.1) is 12.5 Å². The summed E-state index contributed by atoms with van der Waals surface area (Å²) in [6, 6.07) is 0.0874. The molecule has 0 unspecified atom stereocenters. The first kappa shape index (κ1) is 12.3. The van der Waals surface area contributed by atoms with Gasteiger partial charge in [-0.05, 0) is 19.8 Å². The van der Waals surface area contributed by atoms with Crippen LogP contribution in [0.3, 0.4) is 0 Å². The molecule has 1 rings (SSSR count). The summed E-state index contributed by atoms with van der Waals surface area (Å²) in [5.74, 6) is -0.140. The molecule has 5 heteroatoms. The van der Waals surface area contributed by atoms with Crippen LogP contribution in [-0.2, 0) is 9.53 Å². The predicted molar refractivity (Wildman–Crippen MR) is 46.2 cm³/mol. The van der Waals surface area contributed by atoms with E-state index in [9.17, 15) is 4.79 Å². The zero-order chi connectivity index (χ0) is 10.3. The molecule has 1 aliphatic carbocycles. The lowest BCUT2D eigenvalue weighted by Gasteiger charge is -2.31. The van der Waals surface area contributed by atoms with Crippen molar-refractivity contribution < 1.29 is 19.8 Å². The van der Waals surface area contributed by atoms with Gasteiger partial charge in [-0.25, -0.2) is 5.48 Å². The summed E-state index contributed by atoms with van der Waals surface area (Å²) < 4.78 is 4.79. The van der Waals surface area contributed by atoms with Crippen molar-refractivity contribution in [2.75, 3.05) is 13.7 Å². The fraction of sp³-hybridized carbons (Fsp3) is 0.875. The average molecular weight is 191 g/mol. The van der Waals surface area contributed by atoms with Gasteiger partial charge in [-0.3, -0.25) is 4.79 Å². The predicted octanol–water partition coefficient (Wildman–Crippen LogP) is -0.0846. The number of nitrogens with one attached hydrogen (secondary N) is 1. The van der Waals surface area contributed by atoms with Gasteiger partial charge in [0.2, 0.25) is 0 Å². The summed E-state index contributed by atoms with van der Waals surface area (Å²) >= 11 is 0. The molecule has 1 aliphatic rings. The molecule has 0 aromatic rings. The van der Waals surface area contributed by atoms with Gasteiger partial charge in [0.1, 0.15) is 0 Å². The van der Waals surface area contributed by atoms with Gasteiger partial charge in [0.15, 0.2) is 0 Å². The van der Waals surface area contributed by atoms with E-state index in [4.69, 9.17) is 15.1 Å². The second kappa shape index (κ2) is 6.82. The Morgan fingerprint density at radius 2 is 2.08 bits per heavy atom. The van der Waals surface area contributed by atoms with Crippen LogP contribution in [-0.4, -0.2) is 36.0 Å². The fourth-order valence-electron chi connectivity index (χ4n) is 1.18. The van der Waals surface area contributed by atoms with Gasteiger partial charge < -0.3 is 15.1 Å². The molecule has 0 saturated heterocycles. The zero-order valence-corrected chi connectivity index (χ0v) is 7.99. The summed E-state index contributed by atoms with van der Waals surface area (Å²) in [7, 11) is 1.00. The maximum atomic E-state index is 11.0. The minimum Gasteiger partial charge on any atom is -0.466 e. The first-order valence-corrected chi connectivity index (χ1v) is 4.29. The molecule has 0 radical (unpaired) electrons. The molecule has 1 saturated carbocycles. The van der Waals surface area contributed by atoms with E-state index in [0.29, 0.717) is 19.4 Å². The Hall–Kier alpha value is -0.650. The van der Waals surface area contributed by atoms with Crippen LogP contribution >= 0.6 is 0 Å². The number of hydroxylamine groups is 1. The summed E-state index contributed by atoms with van der Waals surface area (Å²) in [6.45, 7) is 2.23. The molecule has 0 aromatic carbocycles. The van der Waals surface area contributed by atoms with E-state index in [1.165, 1.54) is 0 Å². The normalized spacial score (nSPS) is 25.2. The van der Waals surface area contributed by atoms with Gasteiger partial charge >= 0.3 is 5.97 Å². The minimum atomic E-state index is -0.140. The van der Waals surface area contributed by atoms with Crippen molar-refractivity contribution in [1.29, 1.82) is 0 Å². The lowest BCUT2D eigenvalue weighted by Crippen LogP contribution is -2.43. The Balaban J connectivity index is 0.000000671. The molecular weight excluding hydrogens is 174 g/mol. The Bertz CT molecular complexity index is 145.